The molecule has 0 amide bonds. The molecule has 2 aliphatic rings. The first-order valence-corrected chi connectivity index (χ1v) is 8.66. The van der Waals surface area contributed by atoms with Crippen molar-refractivity contribution in [2.24, 2.45) is 13.0 Å². The predicted molar refractivity (Wildman–Crippen MR) is 75.1 cm³/mol. The topological polar surface area (TPSA) is 73.7 Å². The second-order valence-corrected chi connectivity index (χ2v) is 7.47. The first-order valence-electron chi connectivity index (χ1n) is 7.22. The van der Waals surface area contributed by atoms with Crippen LogP contribution in [0.2, 0.25) is 0 Å². The van der Waals surface area contributed by atoms with Crippen molar-refractivity contribution in [1.29, 1.82) is 0 Å². The highest BCUT2D eigenvalue weighted by Crippen LogP contribution is 2.28. The van der Waals surface area contributed by atoms with Gasteiger partial charge in [-0.2, -0.15) is 4.31 Å². The third kappa shape index (κ3) is 2.85. The first-order chi connectivity index (χ1) is 9.98. The summed E-state index contributed by atoms with van der Waals surface area (Å²) >= 11 is 0. The molecule has 0 aliphatic carbocycles. The number of piperidine rings is 1. The van der Waals surface area contributed by atoms with Gasteiger partial charge in [-0.25, -0.2) is 13.4 Å². The number of sulfonamides is 1. The molecule has 1 aromatic heterocycles. The van der Waals surface area contributed by atoms with E-state index in [1.165, 1.54) is 4.31 Å². The minimum atomic E-state index is -3.49. The molecule has 0 unspecified atom stereocenters. The lowest BCUT2D eigenvalue weighted by molar-refractivity contribution is -0.0938. The van der Waals surface area contributed by atoms with Crippen LogP contribution >= 0.6 is 0 Å². The quantitative estimate of drug-likeness (QED) is 0.812. The molecule has 2 fully saturated rings. The summed E-state index contributed by atoms with van der Waals surface area (Å²) in [6.45, 7) is 4.05. The Balaban J connectivity index is 1.68. The molecule has 0 aromatic carbocycles. The van der Waals surface area contributed by atoms with Gasteiger partial charge < -0.3 is 14.0 Å². The minimum absolute atomic E-state index is 0.134. The van der Waals surface area contributed by atoms with E-state index in [0.717, 1.165) is 12.8 Å². The fraction of sp³-hybridized carbons (Fsp3) is 0.769. The van der Waals surface area contributed by atoms with E-state index in [2.05, 4.69) is 4.98 Å². The van der Waals surface area contributed by atoms with Crippen LogP contribution in [-0.2, 0) is 26.5 Å². The summed E-state index contributed by atoms with van der Waals surface area (Å²) in [5, 5.41) is 0.134. The molecule has 2 aliphatic heterocycles. The number of aryl methyl sites for hydroxylation is 2. The van der Waals surface area contributed by atoms with E-state index in [-0.39, 0.29) is 17.2 Å². The van der Waals surface area contributed by atoms with Gasteiger partial charge in [0.05, 0.1) is 13.2 Å². The van der Waals surface area contributed by atoms with Crippen LogP contribution < -0.4 is 0 Å². The smallest absolute Gasteiger partial charge is 0.262 e. The van der Waals surface area contributed by atoms with E-state index in [4.69, 9.17) is 9.47 Å². The highest BCUT2D eigenvalue weighted by Gasteiger charge is 2.35. The molecule has 118 valence electrons. The van der Waals surface area contributed by atoms with Crippen molar-refractivity contribution in [3.8, 4) is 0 Å². The van der Waals surface area contributed by atoms with Crippen molar-refractivity contribution in [3.63, 3.8) is 0 Å². The summed E-state index contributed by atoms with van der Waals surface area (Å²) in [5.74, 6) is 0.973. The van der Waals surface area contributed by atoms with Gasteiger partial charge in [0.1, 0.15) is 5.82 Å². The van der Waals surface area contributed by atoms with Gasteiger partial charge in [0.2, 0.25) is 0 Å². The Kier molecular flexibility index (Phi) is 4.04. The van der Waals surface area contributed by atoms with Gasteiger partial charge in [0, 0.05) is 32.3 Å². The Morgan fingerprint density at radius 3 is 2.38 bits per heavy atom. The molecular weight excluding hydrogens is 294 g/mol. The molecule has 3 rings (SSSR count). The molecule has 2 saturated heterocycles. The van der Waals surface area contributed by atoms with E-state index in [1.807, 2.05) is 0 Å². The Labute approximate surface area is 124 Å². The zero-order chi connectivity index (χ0) is 15.0. The molecule has 0 atom stereocenters. The maximum Gasteiger partial charge on any atom is 0.262 e. The van der Waals surface area contributed by atoms with Crippen molar-refractivity contribution in [3.05, 3.63) is 12.0 Å². The number of nitrogens with zero attached hydrogens (tertiary/aromatic N) is 3. The average molecular weight is 315 g/mol. The molecule has 0 N–H and O–H groups in total. The van der Waals surface area contributed by atoms with E-state index in [0.29, 0.717) is 32.1 Å². The number of ether oxygens (including phenoxy) is 2. The average Bonchev–Trinajstić information content (AvgIpc) is 3.10. The molecular formula is C13H21N3O4S. The predicted octanol–water partition coefficient (Wildman–Crippen LogP) is 0.502. The molecule has 0 bridgehead atoms. The fourth-order valence-corrected chi connectivity index (χ4v) is 4.31. The van der Waals surface area contributed by atoms with Crippen molar-refractivity contribution in [2.75, 3.05) is 26.3 Å². The Hall–Kier alpha value is -0.960. The van der Waals surface area contributed by atoms with Gasteiger partial charge in [0.25, 0.3) is 10.0 Å². The van der Waals surface area contributed by atoms with Crippen LogP contribution in [0.5, 0.6) is 0 Å². The zero-order valence-corrected chi connectivity index (χ0v) is 13.2. The maximum atomic E-state index is 12.6. The Morgan fingerprint density at radius 1 is 1.24 bits per heavy atom. The third-order valence-electron chi connectivity index (χ3n) is 4.22. The molecule has 21 heavy (non-hydrogen) atoms. The number of imidazole rings is 1. The maximum absolute atomic E-state index is 12.6. The fourth-order valence-electron chi connectivity index (χ4n) is 2.82. The monoisotopic (exact) mass is 315 g/mol. The zero-order valence-electron chi connectivity index (χ0n) is 12.4. The summed E-state index contributed by atoms with van der Waals surface area (Å²) in [5.41, 5.74) is 0. The molecule has 0 saturated carbocycles. The van der Waals surface area contributed by atoms with Crippen LogP contribution in [0.25, 0.3) is 0 Å². The van der Waals surface area contributed by atoms with E-state index in [9.17, 15) is 8.42 Å². The first kappa shape index (κ1) is 15.0. The van der Waals surface area contributed by atoms with Crippen molar-refractivity contribution >= 4 is 10.0 Å². The van der Waals surface area contributed by atoms with Crippen LogP contribution in [0.3, 0.4) is 0 Å². The molecule has 7 nitrogen and oxygen atoms in total. The van der Waals surface area contributed by atoms with Crippen LogP contribution in [-0.4, -0.2) is 54.9 Å². The Morgan fingerprint density at radius 2 is 1.86 bits per heavy atom. The molecule has 8 heteroatoms. The molecule has 1 aromatic rings. The van der Waals surface area contributed by atoms with Crippen LogP contribution in [0.4, 0.5) is 0 Å². The van der Waals surface area contributed by atoms with Crippen LogP contribution in [0.1, 0.15) is 18.7 Å². The number of rotatable bonds is 3. The Bertz CT molecular complexity index is 579. The van der Waals surface area contributed by atoms with Crippen molar-refractivity contribution in [1.82, 2.24) is 13.9 Å². The second kappa shape index (κ2) is 5.68. The summed E-state index contributed by atoms with van der Waals surface area (Å²) in [6.07, 6.45) is 2.93. The number of hydrogen-bond donors (Lipinski definition) is 0. The SMILES string of the molecule is Cc1nc(S(=O)(=O)N2CCC(C3OCCO3)CC2)cn1C. The lowest BCUT2D eigenvalue weighted by atomic mass is 9.98. The number of hydrogen-bond acceptors (Lipinski definition) is 5. The van der Waals surface area contributed by atoms with Crippen LogP contribution in [0.15, 0.2) is 11.2 Å². The highest BCUT2D eigenvalue weighted by molar-refractivity contribution is 7.89. The summed E-state index contributed by atoms with van der Waals surface area (Å²) in [6, 6.07) is 0. The largest absolute Gasteiger partial charge is 0.350 e. The van der Waals surface area contributed by atoms with Crippen molar-refractivity contribution < 1.29 is 17.9 Å². The van der Waals surface area contributed by atoms with Gasteiger partial charge in [-0.05, 0) is 19.8 Å². The third-order valence-corrected chi connectivity index (χ3v) is 5.99. The molecule has 3 heterocycles. The normalized spacial score (nSPS) is 23.0. The lowest BCUT2D eigenvalue weighted by Crippen LogP contribution is -2.41. The number of aromatic nitrogens is 2. The highest BCUT2D eigenvalue weighted by atomic mass is 32.2. The van der Waals surface area contributed by atoms with Gasteiger partial charge in [-0.3, -0.25) is 0 Å². The summed E-state index contributed by atoms with van der Waals surface area (Å²) in [4.78, 5) is 4.14. The summed E-state index contributed by atoms with van der Waals surface area (Å²) in [7, 11) is -1.70. The standard InChI is InChI=1S/C13H21N3O4S/c1-10-14-12(9-15(10)2)21(17,18)16-5-3-11(4-6-16)13-19-7-8-20-13/h9,11,13H,3-8H2,1-2H3. The second-order valence-electron chi connectivity index (χ2n) is 5.59. The molecule has 0 spiro atoms. The van der Waals surface area contributed by atoms with Crippen molar-refractivity contribution in [2.45, 2.75) is 31.1 Å². The van der Waals surface area contributed by atoms with E-state index >= 15 is 0 Å². The minimum Gasteiger partial charge on any atom is -0.350 e. The van der Waals surface area contributed by atoms with Gasteiger partial charge in [-0.15, -0.1) is 0 Å². The van der Waals surface area contributed by atoms with Gasteiger partial charge in [0.15, 0.2) is 11.3 Å². The van der Waals surface area contributed by atoms with E-state index in [1.54, 1.807) is 24.7 Å². The summed E-state index contributed by atoms with van der Waals surface area (Å²) < 4.78 is 39.4. The van der Waals surface area contributed by atoms with Gasteiger partial charge in [-0.1, -0.05) is 0 Å². The van der Waals surface area contributed by atoms with E-state index < -0.39 is 10.0 Å². The van der Waals surface area contributed by atoms with Crippen LogP contribution in [0, 0.1) is 12.8 Å². The lowest BCUT2D eigenvalue weighted by Gasteiger charge is -2.32. The molecule has 0 radical (unpaired) electrons. The van der Waals surface area contributed by atoms with Gasteiger partial charge >= 0.3 is 0 Å².